The molecule has 0 saturated heterocycles. The van der Waals surface area contributed by atoms with Crippen molar-refractivity contribution < 1.29 is 9.84 Å². The Balaban J connectivity index is 1.56. The van der Waals surface area contributed by atoms with Gasteiger partial charge >= 0.3 is 5.69 Å². The topological polar surface area (TPSA) is 103 Å². The van der Waals surface area contributed by atoms with Gasteiger partial charge in [-0.05, 0) is 49.2 Å². The fourth-order valence-corrected chi connectivity index (χ4v) is 4.79. The molecule has 0 amide bonds. The Morgan fingerprint density at radius 3 is 2.61 bits per heavy atom. The molecule has 3 heterocycles. The number of hydrogen-bond acceptors (Lipinski definition) is 5. The molecule has 2 aromatic heterocycles. The van der Waals surface area contributed by atoms with Crippen molar-refractivity contribution in [2.24, 2.45) is 0 Å². The van der Waals surface area contributed by atoms with Gasteiger partial charge in [0.25, 0.3) is 5.56 Å². The van der Waals surface area contributed by atoms with Gasteiger partial charge in [-0.1, -0.05) is 30.3 Å². The highest BCUT2D eigenvalue weighted by atomic mass is 16.5. The molecule has 33 heavy (non-hydrogen) atoms. The number of rotatable bonds is 5. The summed E-state index contributed by atoms with van der Waals surface area (Å²) in [6, 6.07) is 15.1. The Morgan fingerprint density at radius 1 is 1.09 bits per heavy atom. The number of aromatic nitrogens is 3. The summed E-state index contributed by atoms with van der Waals surface area (Å²) in [5, 5.41) is 12.3. The first kappa shape index (κ1) is 21.1. The second-order valence-electron chi connectivity index (χ2n) is 8.44. The van der Waals surface area contributed by atoms with Gasteiger partial charge in [0.1, 0.15) is 11.3 Å². The third kappa shape index (κ3) is 3.62. The van der Waals surface area contributed by atoms with Crippen molar-refractivity contribution in [2.75, 3.05) is 20.7 Å². The Morgan fingerprint density at radius 2 is 1.85 bits per heavy atom. The Bertz CT molecular complexity index is 1430. The number of aromatic amines is 2. The predicted molar refractivity (Wildman–Crippen MR) is 126 cm³/mol. The van der Waals surface area contributed by atoms with E-state index in [0.29, 0.717) is 6.42 Å². The maximum atomic E-state index is 12.9. The summed E-state index contributed by atoms with van der Waals surface area (Å²) in [6.45, 7) is 0.958. The van der Waals surface area contributed by atoms with Crippen LogP contribution in [0.3, 0.4) is 0 Å². The zero-order valence-electron chi connectivity index (χ0n) is 18.6. The number of fused-ring (bicyclic) bond motifs is 3. The lowest BCUT2D eigenvalue weighted by molar-refractivity contribution is 0.250. The molecule has 0 fully saturated rings. The van der Waals surface area contributed by atoms with Crippen molar-refractivity contribution in [1.82, 2.24) is 19.4 Å². The predicted octanol–water partition coefficient (Wildman–Crippen LogP) is 2.55. The van der Waals surface area contributed by atoms with Crippen LogP contribution in [0.4, 0.5) is 0 Å². The molecule has 4 aromatic rings. The van der Waals surface area contributed by atoms with Gasteiger partial charge in [-0.15, -0.1) is 0 Å². The van der Waals surface area contributed by atoms with Crippen molar-refractivity contribution in [1.29, 1.82) is 0 Å². The fraction of sp³-hybridized carbons (Fsp3) is 0.280. The molecule has 3 N–H and O–H groups in total. The molecule has 2 aromatic carbocycles. The molecule has 5 rings (SSSR count). The van der Waals surface area contributed by atoms with Gasteiger partial charge in [0.2, 0.25) is 5.88 Å². The first-order valence-electron chi connectivity index (χ1n) is 11.0. The molecule has 0 unspecified atom stereocenters. The zero-order chi connectivity index (χ0) is 23.1. The fourth-order valence-electron chi connectivity index (χ4n) is 4.79. The molecule has 1 aliphatic heterocycles. The van der Waals surface area contributed by atoms with Gasteiger partial charge in [-0.3, -0.25) is 19.2 Å². The first-order chi connectivity index (χ1) is 16.0. The van der Waals surface area contributed by atoms with Gasteiger partial charge in [-0.2, -0.15) is 0 Å². The summed E-state index contributed by atoms with van der Waals surface area (Å²) in [6.07, 6.45) is 1.35. The number of aromatic hydroxyl groups is 1. The summed E-state index contributed by atoms with van der Waals surface area (Å²) in [5.41, 5.74) is 3.00. The molecule has 8 nitrogen and oxygen atoms in total. The molecule has 0 radical (unpaired) electrons. The zero-order valence-corrected chi connectivity index (χ0v) is 18.6. The lowest BCUT2D eigenvalue weighted by Crippen LogP contribution is -2.40. The molecule has 0 saturated carbocycles. The summed E-state index contributed by atoms with van der Waals surface area (Å²) in [7, 11) is 3.53. The van der Waals surface area contributed by atoms with Crippen molar-refractivity contribution in [3.05, 3.63) is 91.8 Å². The average molecular weight is 447 g/mol. The monoisotopic (exact) mass is 446 g/mol. The van der Waals surface area contributed by atoms with Crippen LogP contribution >= 0.6 is 0 Å². The maximum Gasteiger partial charge on any atom is 0.331 e. The smallest absolute Gasteiger partial charge is 0.331 e. The van der Waals surface area contributed by atoms with E-state index in [2.05, 4.69) is 16.0 Å². The Labute approximate surface area is 190 Å². The van der Waals surface area contributed by atoms with Crippen LogP contribution in [-0.4, -0.2) is 45.2 Å². The van der Waals surface area contributed by atoms with Gasteiger partial charge in [0.05, 0.1) is 13.2 Å². The molecule has 8 heteroatoms. The quantitative estimate of drug-likeness (QED) is 0.437. The molecule has 1 atom stereocenters. The maximum absolute atomic E-state index is 12.9. The third-order valence-corrected chi connectivity index (χ3v) is 6.54. The van der Waals surface area contributed by atoms with Crippen LogP contribution in [-0.2, 0) is 19.4 Å². The van der Waals surface area contributed by atoms with Crippen LogP contribution in [0.2, 0.25) is 0 Å². The number of likely N-dealkylation sites (N-methyl/N-ethyl adjacent to an activating group) is 1. The highest BCUT2D eigenvalue weighted by Crippen LogP contribution is 2.38. The van der Waals surface area contributed by atoms with Crippen LogP contribution < -0.4 is 16.0 Å². The lowest BCUT2D eigenvalue weighted by Gasteiger charge is -2.33. The second-order valence-corrected chi connectivity index (χ2v) is 8.44. The van der Waals surface area contributed by atoms with E-state index >= 15 is 0 Å². The van der Waals surface area contributed by atoms with Crippen LogP contribution in [0.15, 0.2) is 58.1 Å². The van der Waals surface area contributed by atoms with Gasteiger partial charge in [-0.25, -0.2) is 4.79 Å². The van der Waals surface area contributed by atoms with E-state index in [-0.39, 0.29) is 18.0 Å². The molecule has 170 valence electrons. The minimum atomic E-state index is -0.620. The number of hydrogen-bond donors (Lipinski definition) is 3. The molecular formula is C25H26N4O4. The van der Waals surface area contributed by atoms with Gasteiger partial charge in [0, 0.05) is 29.7 Å². The van der Waals surface area contributed by atoms with Crippen molar-refractivity contribution in [2.45, 2.75) is 25.4 Å². The molecule has 0 bridgehead atoms. The number of para-hydroxylation sites is 1. The van der Waals surface area contributed by atoms with E-state index in [1.165, 1.54) is 4.57 Å². The van der Waals surface area contributed by atoms with E-state index in [1.54, 1.807) is 7.11 Å². The highest BCUT2D eigenvalue weighted by molar-refractivity contribution is 5.85. The number of aryl methyl sites for hydroxylation is 1. The van der Waals surface area contributed by atoms with E-state index in [1.807, 2.05) is 54.4 Å². The van der Waals surface area contributed by atoms with Crippen LogP contribution in [0.1, 0.15) is 28.4 Å². The largest absolute Gasteiger partial charge is 0.497 e. The molecule has 1 aliphatic rings. The minimum Gasteiger partial charge on any atom is -0.497 e. The summed E-state index contributed by atoms with van der Waals surface area (Å²) < 4.78 is 6.43. The summed E-state index contributed by atoms with van der Waals surface area (Å²) in [5.74, 6) is 0.459. The minimum absolute atomic E-state index is 0.180. The standard InChI is InChI=1S/C25H26N4O4/c1-28-13-12-18-17-5-3-4-6-19(17)26-21(18)22(28)20-23(30)27-25(32)29(24(20)31)14-11-15-7-9-16(33-2)10-8-15/h3-10,22,26,31H,11-14H2,1-2H3,(H,27,30,32)/t22-/m1/s1. The number of ether oxygens (including phenoxy) is 1. The van der Waals surface area contributed by atoms with Crippen molar-refractivity contribution in [3.8, 4) is 11.6 Å². The van der Waals surface area contributed by atoms with Gasteiger partial charge in [0.15, 0.2) is 0 Å². The number of H-pyrrole nitrogens is 2. The average Bonchev–Trinajstić information content (AvgIpc) is 3.19. The molecular weight excluding hydrogens is 420 g/mol. The van der Waals surface area contributed by atoms with Crippen LogP contribution in [0.5, 0.6) is 11.6 Å². The first-order valence-corrected chi connectivity index (χ1v) is 11.0. The third-order valence-electron chi connectivity index (χ3n) is 6.54. The van der Waals surface area contributed by atoms with Crippen molar-refractivity contribution in [3.63, 3.8) is 0 Å². The number of nitrogens with zero attached hydrogens (tertiary/aromatic N) is 2. The SMILES string of the molecule is COc1ccc(CCn2c(O)c([C@@H]3c4[nH]c5ccccc5c4CCN3C)c(=O)[nH]c2=O)cc1. The van der Waals surface area contributed by atoms with Crippen LogP contribution in [0.25, 0.3) is 10.9 Å². The molecule has 0 aliphatic carbocycles. The van der Waals surface area contributed by atoms with Crippen molar-refractivity contribution >= 4 is 10.9 Å². The Hall–Kier alpha value is -3.78. The van der Waals surface area contributed by atoms with Crippen LogP contribution in [0, 0.1) is 0 Å². The van der Waals surface area contributed by atoms with E-state index < -0.39 is 17.3 Å². The summed E-state index contributed by atoms with van der Waals surface area (Å²) >= 11 is 0. The van der Waals surface area contributed by atoms with E-state index in [4.69, 9.17) is 4.74 Å². The van der Waals surface area contributed by atoms with Gasteiger partial charge < -0.3 is 14.8 Å². The summed E-state index contributed by atoms with van der Waals surface area (Å²) in [4.78, 5) is 33.4. The Kier molecular flexibility index (Phi) is 5.30. The highest BCUT2D eigenvalue weighted by Gasteiger charge is 2.34. The van der Waals surface area contributed by atoms with E-state index in [0.717, 1.165) is 46.4 Å². The normalized spacial score (nSPS) is 16.1. The second kappa shape index (κ2) is 8.29. The molecule has 0 spiro atoms. The number of benzene rings is 2. The lowest BCUT2D eigenvalue weighted by atomic mass is 9.94. The van der Waals surface area contributed by atoms with E-state index in [9.17, 15) is 14.7 Å². The number of methoxy groups -OCH3 is 1. The number of nitrogens with one attached hydrogen (secondary N) is 2.